The highest BCUT2D eigenvalue weighted by molar-refractivity contribution is 6.31. The van der Waals surface area contributed by atoms with E-state index in [-0.39, 0.29) is 22.7 Å². The quantitative estimate of drug-likeness (QED) is 0.798. The Kier molecular flexibility index (Phi) is 3.96. The highest BCUT2D eigenvalue weighted by Crippen LogP contribution is 2.37. The Labute approximate surface area is 123 Å². The van der Waals surface area contributed by atoms with Crippen LogP contribution in [0.4, 0.5) is 13.2 Å². The van der Waals surface area contributed by atoms with Crippen LogP contribution in [0.1, 0.15) is 22.8 Å². The van der Waals surface area contributed by atoms with Crippen molar-refractivity contribution in [3.8, 4) is 16.9 Å². The van der Waals surface area contributed by atoms with Crippen LogP contribution in [0.5, 0.6) is 5.75 Å². The van der Waals surface area contributed by atoms with Crippen LogP contribution >= 0.6 is 11.6 Å². The van der Waals surface area contributed by atoms with Crippen LogP contribution in [0.25, 0.3) is 11.1 Å². The number of rotatable bonds is 2. The van der Waals surface area contributed by atoms with E-state index >= 15 is 0 Å². The Balaban J connectivity index is 2.58. The molecule has 0 aromatic heterocycles. The van der Waals surface area contributed by atoms with Crippen molar-refractivity contribution in [3.63, 3.8) is 0 Å². The minimum absolute atomic E-state index is 0.0519. The van der Waals surface area contributed by atoms with Crippen LogP contribution in [0.3, 0.4) is 0 Å². The molecule has 2 nitrogen and oxygen atoms in total. The van der Waals surface area contributed by atoms with Crippen LogP contribution in [0.2, 0.25) is 5.02 Å². The topological polar surface area (TPSA) is 37.3 Å². The third-order valence-corrected chi connectivity index (χ3v) is 3.31. The second-order valence-corrected chi connectivity index (χ2v) is 4.89. The number of ketones is 1. The molecule has 0 aliphatic rings. The summed E-state index contributed by atoms with van der Waals surface area (Å²) in [5.74, 6) is -0.587. The molecule has 6 heteroatoms. The number of carbonyl (C=O) groups excluding carboxylic acids is 1. The van der Waals surface area contributed by atoms with Gasteiger partial charge in [-0.15, -0.1) is 0 Å². The maximum absolute atomic E-state index is 12.8. The van der Waals surface area contributed by atoms with Crippen molar-refractivity contribution in [2.24, 2.45) is 0 Å². The molecule has 0 saturated carbocycles. The summed E-state index contributed by atoms with van der Waals surface area (Å²) in [5.41, 5.74) is -0.246. The summed E-state index contributed by atoms with van der Waals surface area (Å²) < 4.78 is 38.5. The molecule has 0 radical (unpaired) electrons. The fourth-order valence-electron chi connectivity index (χ4n) is 1.92. The molecule has 1 N–H and O–H groups in total. The molecule has 0 saturated heterocycles. The first kappa shape index (κ1) is 15.4. The number of hydrogen-bond donors (Lipinski definition) is 1. The second-order valence-electron chi connectivity index (χ2n) is 4.48. The molecule has 110 valence electrons. The zero-order valence-electron chi connectivity index (χ0n) is 10.8. The summed E-state index contributed by atoms with van der Waals surface area (Å²) in [7, 11) is 0. The molecule has 2 aromatic carbocycles. The minimum atomic E-state index is -4.56. The Morgan fingerprint density at radius 1 is 1.10 bits per heavy atom. The van der Waals surface area contributed by atoms with E-state index in [9.17, 15) is 23.1 Å². The van der Waals surface area contributed by atoms with Crippen molar-refractivity contribution in [2.75, 3.05) is 0 Å². The maximum Gasteiger partial charge on any atom is 0.417 e. The van der Waals surface area contributed by atoms with Gasteiger partial charge >= 0.3 is 6.18 Å². The van der Waals surface area contributed by atoms with Gasteiger partial charge in [-0.3, -0.25) is 4.79 Å². The number of halogens is 4. The van der Waals surface area contributed by atoms with Crippen molar-refractivity contribution in [1.29, 1.82) is 0 Å². The summed E-state index contributed by atoms with van der Waals surface area (Å²) >= 11 is 5.56. The molecule has 0 amide bonds. The SMILES string of the molecule is CC(=O)c1cc(-c2ccc(Cl)c(C(F)(F)F)c2)ccc1O. The van der Waals surface area contributed by atoms with E-state index in [1.165, 1.54) is 31.2 Å². The monoisotopic (exact) mass is 314 g/mol. The minimum Gasteiger partial charge on any atom is -0.507 e. The van der Waals surface area contributed by atoms with Crippen molar-refractivity contribution >= 4 is 17.4 Å². The number of aromatic hydroxyl groups is 1. The van der Waals surface area contributed by atoms with Crippen molar-refractivity contribution < 1.29 is 23.1 Å². The summed E-state index contributed by atoms with van der Waals surface area (Å²) in [6.07, 6.45) is -4.56. The predicted octanol–water partition coefficient (Wildman–Crippen LogP) is 4.93. The Hall–Kier alpha value is -2.01. The van der Waals surface area contributed by atoms with Crippen molar-refractivity contribution in [1.82, 2.24) is 0 Å². The number of benzene rings is 2. The molecule has 0 bridgehead atoms. The smallest absolute Gasteiger partial charge is 0.417 e. The van der Waals surface area contributed by atoms with E-state index in [4.69, 9.17) is 11.6 Å². The van der Waals surface area contributed by atoms with Crippen LogP contribution in [0.15, 0.2) is 36.4 Å². The van der Waals surface area contributed by atoms with Crippen LogP contribution in [-0.2, 0) is 6.18 Å². The highest BCUT2D eigenvalue weighted by Gasteiger charge is 2.33. The molecule has 21 heavy (non-hydrogen) atoms. The highest BCUT2D eigenvalue weighted by atomic mass is 35.5. The second kappa shape index (κ2) is 5.41. The molecule has 0 heterocycles. The summed E-state index contributed by atoms with van der Waals surface area (Å²) in [4.78, 5) is 11.4. The van der Waals surface area contributed by atoms with Gasteiger partial charge in [0.2, 0.25) is 0 Å². The van der Waals surface area contributed by atoms with E-state index in [0.717, 1.165) is 12.1 Å². The van der Waals surface area contributed by atoms with E-state index in [2.05, 4.69) is 0 Å². The summed E-state index contributed by atoms with van der Waals surface area (Å²) in [5, 5.41) is 9.17. The van der Waals surface area contributed by atoms with Gasteiger partial charge in [-0.1, -0.05) is 23.7 Å². The number of phenolic OH excluding ortho intramolecular Hbond substituents is 1. The van der Waals surface area contributed by atoms with Gasteiger partial charge in [0.1, 0.15) is 5.75 Å². The maximum atomic E-state index is 12.8. The van der Waals surface area contributed by atoms with E-state index in [0.29, 0.717) is 5.56 Å². The van der Waals surface area contributed by atoms with Crippen LogP contribution < -0.4 is 0 Å². The molecule has 2 aromatic rings. The van der Waals surface area contributed by atoms with Gasteiger partial charge in [-0.25, -0.2) is 0 Å². The lowest BCUT2D eigenvalue weighted by molar-refractivity contribution is -0.137. The van der Waals surface area contributed by atoms with Gasteiger partial charge < -0.3 is 5.11 Å². The van der Waals surface area contributed by atoms with E-state index in [1.54, 1.807) is 0 Å². The van der Waals surface area contributed by atoms with Gasteiger partial charge in [0.05, 0.1) is 16.1 Å². The lowest BCUT2D eigenvalue weighted by Crippen LogP contribution is -2.06. The van der Waals surface area contributed by atoms with Gasteiger partial charge in [-0.2, -0.15) is 13.2 Å². The molecular weight excluding hydrogens is 305 g/mol. The summed E-state index contributed by atoms with van der Waals surface area (Å²) in [6.45, 7) is 1.27. The summed E-state index contributed by atoms with van der Waals surface area (Å²) in [6, 6.07) is 7.55. The fraction of sp³-hybridized carbons (Fsp3) is 0.133. The molecule has 0 atom stereocenters. The first-order chi connectivity index (χ1) is 9.70. The molecule has 0 unspecified atom stereocenters. The fourth-order valence-corrected chi connectivity index (χ4v) is 2.14. The van der Waals surface area contributed by atoms with Crippen LogP contribution in [-0.4, -0.2) is 10.9 Å². The Morgan fingerprint density at radius 2 is 1.67 bits per heavy atom. The Bertz CT molecular complexity index is 709. The van der Waals surface area contributed by atoms with Gasteiger partial charge in [0, 0.05) is 0 Å². The number of alkyl halides is 3. The lowest BCUT2D eigenvalue weighted by Gasteiger charge is -2.12. The first-order valence-corrected chi connectivity index (χ1v) is 6.29. The lowest BCUT2D eigenvalue weighted by atomic mass is 9.99. The first-order valence-electron chi connectivity index (χ1n) is 5.91. The number of hydrogen-bond acceptors (Lipinski definition) is 2. The zero-order chi connectivity index (χ0) is 15.8. The van der Waals surface area contributed by atoms with Gasteiger partial charge in [-0.05, 0) is 42.3 Å². The molecular formula is C15H10ClF3O2. The number of carbonyl (C=O) groups is 1. The van der Waals surface area contributed by atoms with Gasteiger partial charge in [0.15, 0.2) is 5.78 Å². The average molecular weight is 315 g/mol. The van der Waals surface area contributed by atoms with Crippen molar-refractivity contribution in [2.45, 2.75) is 13.1 Å². The molecule has 0 spiro atoms. The van der Waals surface area contributed by atoms with Gasteiger partial charge in [0.25, 0.3) is 0 Å². The van der Waals surface area contributed by atoms with E-state index in [1.807, 2.05) is 0 Å². The molecule has 0 aliphatic carbocycles. The Morgan fingerprint density at radius 3 is 2.24 bits per heavy atom. The number of Topliss-reactive ketones (excluding diaryl/α,β-unsaturated/α-hetero) is 1. The molecule has 2 rings (SSSR count). The van der Waals surface area contributed by atoms with E-state index < -0.39 is 16.8 Å². The molecule has 0 fully saturated rings. The normalized spacial score (nSPS) is 11.5. The standard InChI is InChI=1S/C15H10ClF3O2/c1-8(20)11-6-9(3-5-14(11)21)10-2-4-13(16)12(7-10)15(17,18)19/h2-7,21H,1H3. The average Bonchev–Trinajstić information content (AvgIpc) is 2.38. The van der Waals surface area contributed by atoms with Crippen LogP contribution in [0, 0.1) is 0 Å². The third kappa shape index (κ3) is 3.19. The molecule has 0 aliphatic heterocycles. The number of phenols is 1. The predicted molar refractivity (Wildman–Crippen MR) is 73.6 cm³/mol. The zero-order valence-corrected chi connectivity index (χ0v) is 11.6. The third-order valence-electron chi connectivity index (χ3n) is 2.98. The van der Waals surface area contributed by atoms with Crippen molar-refractivity contribution in [3.05, 3.63) is 52.5 Å². The largest absolute Gasteiger partial charge is 0.507 e.